The lowest BCUT2D eigenvalue weighted by molar-refractivity contribution is -0.128. The highest BCUT2D eigenvalue weighted by Crippen LogP contribution is 2.38. The van der Waals surface area contributed by atoms with Crippen molar-refractivity contribution in [3.63, 3.8) is 0 Å². The molecule has 0 aromatic heterocycles. The van der Waals surface area contributed by atoms with Crippen LogP contribution in [-0.2, 0) is 16.0 Å². The van der Waals surface area contributed by atoms with Crippen LogP contribution >= 0.6 is 0 Å². The lowest BCUT2D eigenvalue weighted by Crippen LogP contribution is -2.53. The van der Waals surface area contributed by atoms with E-state index >= 15 is 0 Å². The average molecular weight is 520 g/mol. The van der Waals surface area contributed by atoms with Crippen LogP contribution in [0.15, 0.2) is 30.3 Å². The fourth-order valence-electron chi connectivity index (χ4n) is 4.27. The summed E-state index contributed by atoms with van der Waals surface area (Å²) in [6.45, 7) is 2.07. The molecule has 3 amide bonds. The summed E-state index contributed by atoms with van der Waals surface area (Å²) >= 11 is 0. The van der Waals surface area contributed by atoms with Gasteiger partial charge in [0.25, 0.3) is 5.91 Å². The van der Waals surface area contributed by atoms with Gasteiger partial charge < -0.3 is 29.7 Å². The lowest BCUT2D eigenvalue weighted by Gasteiger charge is -2.33. The number of methoxy groups -OCH3 is 3. The average Bonchev–Trinajstić information content (AvgIpc) is 2.89. The van der Waals surface area contributed by atoms with Crippen LogP contribution in [-0.4, -0.2) is 69.1 Å². The summed E-state index contributed by atoms with van der Waals surface area (Å²) in [7, 11) is 4.43. The third-order valence-electron chi connectivity index (χ3n) is 6.16. The van der Waals surface area contributed by atoms with Gasteiger partial charge in [-0.25, -0.2) is 8.78 Å². The topological polar surface area (TPSA) is 106 Å². The van der Waals surface area contributed by atoms with Crippen molar-refractivity contribution >= 4 is 17.7 Å². The molecule has 1 fully saturated rings. The second kappa shape index (κ2) is 12.4. The van der Waals surface area contributed by atoms with Gasteiger partial charge in [-0.05, 0) is 42.7 Å². The number of carbonyl (C=O) groups is 3. The quantitative estimate of drug-likeness (QED) is 0.527. The summed E-state index contributed by atoms with van der Waals surface area (Å²) in [6.07, 6.45) is 1.00. The van der Waals surface area contributed by atoms with Crippen molar-refractivity contribution in [3.05, 3.63) is 53.1 Å². The first-order valence-electron chi connectivity index (χ1n) is 11.8. The molecule has 2 aromatic rings. The minimum Gasteiger partial charge on any atom is -0.493 e. The highest BCUT2D eigenvalue weighted by Gasteiger charge is 2.29. The van der Waals surface area contributed by atoms with E-state index in [2.05, 4.69) is 10.6 Å². The summed E-state index contributed by atoms with van der Waals surface area (Å²) in [6, 6.07) is 5.35. The van der Waals surface area contributed by atoms with Gasteiger partial charge in [-0.3, -0.25) is 14.4 Å². The molecule has 2 N–H and O–H groups in total. The summed E-state index contributed by atoms with van der Waals surface area (Å²) < 4.78 is 42.8. The van der Waals surface area contributed by atoms with Crippen molar-refractivity contribution in [1.29, 1.82) is 0 Å². The van der Waals surface area contributed by atoms with Crippen molar-refractivity contribution in [2.24, 2.45) is 0 Å². The van der Waals surface area contributed by atoms with Crippen molar-refractivity contribution in [1.82, 2.24) is 15.5 Å². The number of nitrogens with one attached hydrogen (secondary N) is 2. The first-order chi connectivity index (χ1) is 17.7. The number of amides is 3. The summed E-state index contributed by atoms with van der Waals surface area (Å²) in [5.41, 5.74) is 0.757. The number of ether oxygens (including phenoxy) is 3. The van der Waals surface area contributed by atoms with Crippen molar-refractivity contribution < 1.29 is 37.4 Å². The van der Waals surface area contributed by atoms with Gasteiger partial charge in [0.2, 0.25) is 17.6 Å². The van der Waals surface area contributed by atoms with Gasteiger partial charge in [0.15, 0.2) is 23.1 Å². The monoisotopic (exact) mass is 519 g/mol. The highest BCUT2D eigenvalue weighted by molar-refractivity contribution is 5.95. The molecule has 1 aliphatic rings. The maximum absolute atomic E-state index is 13.6. The van der Waals surface area contributed by atoms with Gasteiger partial charge >= 0.3 is 0 Å². The molecule has 1 heterocycles. The standard InChI is InChI=1S/C26H31F2N3O6/c1-15(32)29-21(12-16-5-6-19(27)20(28)11-16)25(33)30-18-7-9-31(10-8-18)26(34)17-13-22(35-2)24(37-4)23(14-17)36-3/h5-6,11,13-14,18,21H,7-10,12H2,1-4H3,(H,29,32)(H,30,33)/t21-/m0/s1. The van der Waals surface area contributed by atoms with E-state index in [4.69, 9.17) is 14.2 Å². The first kappa shape index (κ1) is 27.7. The Balaban J connectivity index is 1.62. The molecule has 2 aromatic carbocycles. The lowest BCUT2D eigenvalue weighted by atomic mass is 10.0. The number of rotatable bonds is 9. The van der Waals surface area contributed by atoms with E-state index in [1.54, 1.807) is 17.0 Å². The Morgan fingerprint density at radius 2 is 1.59 bits per heavy atom. The summed E-state index contributed by atoms with van der Waals surface area (Å²) in [4.78, 5) is 39.4. The molecule has 200 valence electrons. The molecule has 1 saturated heterocycles. The number of hydrogen-bond donors (Lipinski definition) is 2. The van der Waals surface area contributed by atoms with Gasteiger partial charge in [0, 0.05) is 38.0 Å². The third-order valence-corrected chi connectivity index (χ3v) is 6.16. The predicted octanol–water partition coefficient (Wildman–Crippen LogP) is 2.46. The fourth-order valence-corrected chi connectivity index (χ4v) is 4.27. The Bertz CT molecular complexity index is 1130. The summed E-state index contributed by atoms with van der Waals surface area (Å²) in [5.74, 6) is -1.95. The van der Waals surface area contributed by atoms with Crippen molar-refractivity contribution in [2.45, 2.75) is 38.3 Å². The predicted molar refractivity (Wildman–Crippen MR) is 131 cm³/mol. The van der Waals surface area contributed by atoms with Crippen LogP contribution in [0.3, 0.4) is 0 Å². The van der Waals surface area contributed by atoms with Crippen LogP contribution in [0, 0.1) is 11.6 Å². The van der Waals surface area contributed by atoms with Crippen LogP contribution in [0.4, 0.5) is 8.78 Å². The molecule has 37 heavy (non-hydrogen) atoms. The second-order valence-electron chi connectivity index (χ2n) is 8.69. The Kier molecular flexibility index (Phi) is 9.26. The maximum Gasteiger partial charge on any atom is 0.254 e. The molecule has 11 heteroatoms. The molecule has 1 atom stereocenters. The number of benzene rings is 2. The number of halogens is 2. The SMILES string of the molecule is COc1cc(C(=O)N2CCC(NC(=O)[C@H](Cc3ccc(F)c(F)c3)NC(C)=O)CC2)cc(OC)c1OC. The van der Waals surface area contributed by atoms with E-state index in [9.17, 15) is 23.2 Å². The minimum absolute atomic E-state index is 0.00107. The van der Waals surface area contributed by atoms with E-state index in [-0.39, 0.29) is 18.4 Å². The zero-order chi connectivity index (χ0) is 27.1. The van der Waals surface area contributed by atoms with Gasteiger partial charge in [-0.15, -0.1) is 0 Å². The van der Waals surface area contributed by atoms with Crippen molar-refractivity contribution in [2.75, 3.05) is 34.4 Å². The smallest absolute Gasteiger partial charge is 0.254 e. The number of carbonyl (C=O) groups excluding carboxylic acids is 3. The largest absolute Gasteiger partial charge is 0.493 e. The fraction of sp³-hybridized carbons (Fsp3) is 0.423. The zero-order valence-corrected chi connectivity index (χ0v) is 21.2. The van der Waals surface area contributed by atoms with E-state index < -0.39 is 29.5 Å². The van der Waals surface area contributed by atoms with Crippen LogP contribution in [0.25, 0.3) is 0 Å². The second-order valence-corrected chi connectivity index (χ2v) is 8.69. The van der Waals surface area contributed by atoms with E-state index in [1.807, 2.05) is 0 Å². The van der Waals surface area contributed by atoms with E-state index in [0.717, 1.165) is 12.1 Å². The Morgan fingerprint density at radius 1 is 0.973 bits per heavy atom. The summed E-state index contributed by atoms with van der Waals surface area (Å²) in [5, 5.41) is 5.47. The molecule has 3 rings (SSSR count). The van der Waals surface area contributed by atoms with Crippen LogP contribution in [0.2, 0.25) is 0 Å². The molecule has 9 nitrogen and oxygen atoms in total. The normalized spacial score (nSPS) is 14.5. The molecule has 0 spiro atoms. The first-order valence-corrected chi connectivity index (χ1v) is 11.8. The number of hydrogen-bond acceptors (Lipinski definition) is 6. The van der Waals surface area contributed by atoms with Crippen LogP contribution < -0.4 is 24.8 Å². The Morgan fingerprint density at radius 3 is 2.11 bits per heavy atom. The van der Waals surface area contributed by atoms with Gasteiger partial charge in [0.05, 0.1) is 21.3 Å². The number of likely N-dealkylation sites (tertiary alicyclic amines) is 1. The molecule has 0 bridgehead atoms. The maximum atomic E-state index is 13.6. The molecule has 0 saturated carbocycles. The third kappa shape index (κ3) is 6.87. The Hall–Kier alpha value is -3.89. The van der Waals surface area contributed by atoms with Gasteiger partial charge in [-0.2, -0.15) is 0 Å². The van der Waals surface area contributed by atoms with E-state index in [0.29, 0.717) is 54.3 Å². The molecule has 0 aliphatic carbocycles. The minimum atomic E-state index is -1.02. The molecular weight excluding hydrogens is 488 g/mol. The van der Waals surface area contributed by atoms with Gasteiger partial charge in [-0.1, -0.05) is 6.07 Å². The number of piperidine rings is 1. The van der Waals surface area contributed by atoms with Crippen LogP contribution in [0.1, 0.15) is 35.7 Å². The molecule has 0 radical (unpaired) electrons. The van der Waals surface area contributed by atoms with Crippen molar-refractivity contribution in [3.8, 4) is 17.2 Å². The van der Waals surface area contributed by atoms with E-state index in [1.165, 1.54) is 34.3 Å². The zero-order valence-electron chi connectivity index (χ0n) is 21.2. The number of nitrogens with zero attached hydrogens (tertiary/aromatic N) is 1. The molecular formula is C26H31F2N3O6. The molecule has 0 unspecified atom stereocenters. The molecule has 1 aliphatic heterocycles. The Labute approximate surface area is 214 Å². The highest BCUT2D eigenvalue weighted by atomic mass is 19.2. The van der Waals surface area contributed by atoms with Crippen LogP contribution in [0.5, 0.6) is 17.2 Å². The van der Waals surface area contributed by atoms with Gasteiger partial charge in [0.1, 0.15) is 6.04 Å².